The summed E-state index contributed by atoms with van der Waals surface area (Å²) in [6.45, 7) is 24.1. The Bertz CT molecular complexity index is 2170. The van der Waals surface area contributed by atoms with Crippen LogP contribution in [0.15, 0.2) is 77.7 Å². The summed E-state index contributed by atoms with van der Waals surface area (Å²) in [7, 11) is 5.89. The molecule has 0 bridgehead atoms. The Morgan fingerprint density at radius 1 is 0.923 bits per heavy atom. The number of quaternary nitrogens is 1. The minimum absolute atomic E-state index is 0.0683. The van der Waals surface area contributed by atoms with Gasteiger partial charge >= 0.3 is 0 Å². The van der Waals surface area contributed by atoms with Crippen LogP contribution >= 0.6 is 136 Å². The van der Waals surface area contributed by atoms with E-state index in [1.165, 1.54) is 38.2 Å². The zero-order chi connectivity index (χ0) is 48.3. The van der Waals surface area contributed by atoms with E-state index in [1.54, 1.807) is 7.11 Å². The molecule has 2 aromatic rings. The third-order valence-corrected chi connectivity index (χ3v) is 23.2. The fourth-order valence-electron chi connectivity index (χ4n) is 8.75. The first-order chi connectivity index (χ1) is 30.6. The van der Waals surface area contributed by atoms with Crippen LogP contribution in [0.25, 0.3) is 0 Å². The van der Waals surface area contributed by atoms with Gasteiger partial charge < -0.3 is 25.1 Å². The van der Waals surface area contributed by atoms with Crippen LogP contribution in [-0.2, 0) is 20.5 Å². The van der Waals surface area contributed by atoms with Crippen LogP contribution < -0.4 is 10.2 Å². The van der Waals surface area contributed by atoms with Crippen molar-refractivity contribution in [2.45, 2.75) is 96.9 Å². The van der Waals surface area contributed by atoms with Gasteiger partial charge in [0.25, 0.3) is 0 Å². The average molecular weight is 1560 g/mol. The van der Waals surface area contributed by atoms with Crippen molar-refractivity contribution < 1.29 is 19.4 Å². The van der Waals surface area contributed by atoms with Gasteiger partial charge in [0.1, 0.15) is 13.1 Å². The maximum atomic E-state index is 14.1. The van der Waals surface area contributed by atoms with Crippen LogP contribution in [0.1, 0.15) is 91.2 Å². The van der Waals surface area contributed by atoms with Crippen molar-refractivity contribution in [2.75, 3.05) is 78.5 Å². The molecule has 1 amide bonds. The van der Waals surface area contributed by atoms with E-state index in [2.05, 4.69) is 265 Å². The average Bonchev–Trinajstić information content (AvgIpc) is 3.64. The van der Waals surface area contributed by atoms with Crippen LogP contribution in [0.3, 0.4) is 0 Å². The lowest BCUT2D eigenvalue weighted by molar-refractivity contribution is -1.09. The van der Waals surface area contributed by atoms with Gasteiger partial charge in [0.2, 0.25) is 5.91 Å². The fraction of sp³-hybridized carbons (Fsp3) is 0.520. The summed E-state index contributed by atoms with van der Waals surface area (Å²) in [4.78, 5) is 32.3. The molecule has 0 aliphatic carbocycles. The molecule has 358 valence electrons. The number of aliphatic hydroxyl groups is 1. The molecule has 2 aromatic carbocycles. The van der Waals surface area contributed by atoms with Gasteiger partial charge in [-0.3, -0.25) is 9.79 Å². The summed E-state index contributed by atoms with van der Waals surface area (Å²) < 4.78 is 7.94. The van der Waals surface area contributed by atoms with Crippen molar-refractivity contribution >= 4 is 159 Å². The molecule has 0 saturated carbocycles. The maximum Gasteiger partial charge on any atom is 0.221 e. The highest BCUT2D eigenvalue weighted by Gasteiger charge is 2.47. The molecule has 0 spiro atoms. The summed E-state index contributed by atoms with van der Waals surface area (Å²) in [5.41, 5.74) is 6.36. The minimum Gasteiger partial charge on any atom is -0.513 e. The first-order valence-corrected chi connectivity index (χ1v) is 29.0. The van der Waals surface area contributed by atoms with Crippen molar-refractivity contribution in [3.63, 3.8) is 0 Å². The highest BCUT2D eigenvalue weighted by molar-refractivity contribution is 14.1. The SMILES string of the molecule is C=C(O)CC[N+](C)(CCCN(C)CCCNC(=O)CC1(C)/C(=C/C=C/C=C/C=C/C2=Nc3cc(I)c(I)c(I)c3C2(C)C)N(CCCN(CC)C(C)CC)c2cc(I)c(I)c(I)c21)OC. The minimum atomic E-state index is -0.533. The van der Waals surface area contributed by atoms with Crippen LogP contribution in [0.4, 0.5) is 11.4 Å². The first-order valence-electron chi connectivity index (χ1n) is 22.6. The number of rotatable bonds is 25. The predicted octanol–water partition coefficient (Wildman–Crippen LogP) is 13.2. The van der Waals surface area contributed by atoms with Crippen LogP contribution in [0, 0.1) is 21.4 Å². The van der Waals surface area contributed by atoms with Crippen molar-refractivity contribution in [3.05, 3.63) is 105 Å². The second-order valence-corrected chi connectivity index (χ2v) is 24.7. The molecule has 4 rings (SSSR count). The Morgan fingerprint density at radius 2 is 1.55 bits per heavy atom. The number of halogens is 6. The molecule has 15 heteroatoms. The Balaban J connectivity index is 1.53. The quantitative estimate of drug-likeness (QED) is 0.0196. The molecule has 0 aromatic heterocycles. The molecule has 2 aliphatic heterocycles. The Hall–Kier alpha value is 0.100. The van der Waals surface area contributed by atoms with Gasteiger partial charge in [-0.15, -0.1) is 0 Å². The van der Waals surface area contributed by atoms with Gasteiger partial charge in [-0.1, -0.05) is 64.7 Å². The molecule has 2 heterocycles. The number of hydrogen-bond acceptors (Lipinski definition) is 7. The second-order valence-electron chi connectivity index (χ2n) is 18.1. The number of hydrogen-bond donors (Lipinski definition) is 2. The number of aliphatic imine (C=N–C) groups is 1. The molecule has 2 aliphatic rings. The first kappa shape index (κ1) is 57.7. The number of carbonyl (C=O) groups excluding carboxylic acids is 1. The maximum absolute atomic E-state index is 14.1. The number of aliphatic hydroxyl groups excluding tert-OH is 1. The summed E-state index contributed by atoms with van der Waals surface area (Å²) in [5, 5.41) is 12.9. The number of allylic oxidation sites excluding steroid dienone is 8. The Morgan fingerprint density at radius 3 is 2.20 bits per heavy atom. The van der Waals surface area contributed by atoms with Gasteiger partial charge in [0.15, 0.2) is 0 Å². The number of nitrogens with zero attached hydrogens (tertiary/aromatic N) is 5. The molecule has 0 saturated heterocycles. The molecule has 0 fully saturated rings. The fourth-order valence-corrected chi connectivity index (χ4v) is 14.2. The predicted molar refractivity (Wildman–Crippen MR) is 325 cm³/mol. The van der Waals surface area contributed by atoms with Crippen LogP contribution in [-0.4, -0.2) is 111 Å². The topological polar surface area (TPSA) is 80.6 Å². The number of anilines is 1. The van der Waals surface area contributed by atoms with E-state index in [1.807, 2.05) is 7.05 Å². The molecule has 3 atom stereocenters. The largest absolute Gasteiger partial charge is 0.513 e. The molecule has 0 radical (unpaired) electrons. The lowest BCUT2D eigenvalue weighted by atomic mass is 9.78. The number of carbonyl (C=O) groups is 1. The standard InChI is InChI=1S/C50H68I6N6O3/c1-11-34(3)60(12-2)27-19-28-61-39-32-37(52)46(54)48(56)44(39)50(7,33-42(64)57-24-18-25-59(8)26-20-29-62(9,65-10)30-23-35(4)63)41(61)22-17-15-13-14-16-21-40-49(5,6)43-38(58-40)31-36(51)45(53)47(43)55/h13-17,21-22,31-32,34H,4,11-12,18-20,23-30,33H2,1-3,5-10H3,(H-,57,63,64)/p+1/b14-13+,17-15+,21-16+,41-22-. The van der Waals surface area contributed by atoms with Gasteiger partial charge in [-0.25, -0.2) is 4.84 Å². The van der Waals surface area contributed by atoms with Gasteiger partial charge in [-0.05, 0) is 213 Å². The second kappa shape index (κ2) is 26.5. The van der Waals surface area contributed by atoms with E-state index in [4.69, 9.17) is 9.83 Å². The summed E-state index contributed by atoms with van der Waals surface area (Å²) in [6, 6.07) is 5.07. The van der Waals surface area contributed by atoms with E-state index < -0.39 is 5.41 Å². The number of nitrogens with one attached hydrogen (secondary N) is 1. The Kier molecular flexibility index (Phi) is 23.5. The molecular weight excluding hydrogens is 1490 g/mol. The van der Waals surface area contributed by atoms with Crippen molar-refractivity contribution in [2.24, 2.45) is 4.99 Å². The smallest absolute Gasteiger partial charge is 0.221 e. The van der Waals surface area contributed by atoms with E-state index >= 15 is 0 Å². The highest BCUT2D eigenvalue weighted by atomic mass is 127. The number of benzene rings is 2. The molecule has 65 heavy (non-hydrogen) atoms. The summed E-state index contributed by atoms with van der Waals surface area (Å²) in [5.74, 6) is 0.255. The van der Waals surface area contributed by atoms with E-state index in [-0.39, 0.29) is 17.1 Å². The number of hydroxylamine groups is 3. The van der Waals surface area contributed by atoms with Crippen LogP contribution in [0.5, 0.6) is 0 Å². The normalized spacial score (nSPS) is 19.0. The van der Waals surface area contributed by atoms with Gasteiger partial charge in [0.05, 0.1) is 37.7 Å². The van der Waals surface area contributed by atoms with Crippen molar-refractivity contribution in [3.8, 4) is 0 Å². The monoisotopic (exact) mass is 1560 g/mol. The molecule has 2 N–H and O–H groups in total. The molecule has 9 nitrogen and oxygen atoms in total. The molecular formula is C50H69I6N6O3+. The lowest BCUT2D eigenvalue weighted by Crippen LogP contribution is -2.45. The summed E-state index contributed by atoms with van der Waals surface area (Å²) in [6.07, 6.45) is 19.7. The molecule has 3 unspecified atom stereocenters. The van der Waals surface area contributed by atoms with E-state index in [0.29, 0.717) is 36.6 Å². The number of amides is 1. The van der Waals surface area contributed by atoms with Gasteiger partial charge in [-0.2, -0.15) is 4.65 Å². The van der Waals surface area contributed by atoms with Crippen LogP contribution in [0.2, 0.25) is 0 Å². The zero-order valence-corrected chi connectivity index (χ0v) is 52.6. The van der Waals surface area contributed by atoms with E-state index in [9.17, 15) is 9.90 Å². The van der Waals surface area contributed by atoms with Gasteiger partial charge in [0, 0.05) is 99.8 Å². The Labute approximate surface area is 472 Å². The van der Waals surface area contributed by atoms with Crippen molar-refractivity contribution in [1.82, 2.24) is 15.1 Å². The summed E-state index contributed by atoms with van der Waals surface area (Å²) >= 11 is 14.8. The van der Waals surface area contributed by atoms with E-state index in [0.717, 1.165) is 82.0 Å². The third kappa shape index (κ3) is 15.1. The third-order valence-electron chi connectivity index (χ3n) is 12.9. The van der Waals surface area contributed by atoms with Crippen molar-refractivity contribution in [1.29, 1.82) is 0 Å². The zero-order valence-electron chi connectivity index (χ0n) is 39.6. The highest BCUT2D eigenvalue weighted by Crippen LogP contribution is 2.53. The lowest BCUT2D eigenvalue weighted by Gasteiger charge is -2.32. The number of fused-ring (bicyclic) bond motifs is 2.